The largest absolute Gasteiger partial charge is 0.437 e. The molecule has 1 aliphatic rings. The molecule has 1 saturated heterocycles. The molecule has 2 aromatic heterocycles. The van der Waals surface area contributed by atoms with E-state index < -0.39 is 18.8 Å². The second-order valence-corrected chi connectivity index (χ2v) is 9.91. The molecule has 8 nitrogen and oxygen atoms in total. The standard InChI is InChI=1S/C29H31F3N6O2/c1-17-7-10-21-20(25(17)36-16-24(39)29(30,31)32)9-8-18(2)26(21)40-27-22(6-4-13-34-27)23-11-14-35-28(38-23)37-19-5-3-12-33-15-19/h4,6-11,13-14,19,24,33,36,39H,3,5,12,15-16H2,1-2H3,(H,35,37,38)/t19-,24-/m0/s1. The Kier molecular flexibility index (Phi) is 8.04. The van der Waals surface area contributed by atoms with Gasteiger partial charge in [-0.25, -0.2) is 15.0 Å². The molecule has 0 spiro atoms. The van der Waals surface area contributed by atoms with Gasteiger partial charge in [0.2, 0.25) is 11.8 Å². The third kappa shape index (κ3) is 6.10. The van der Waals surface area contributed by atoms with E-state index in [1.807, 2.05) is 31.2 Å². The van der Waals surface area contributed by atoms with Gasteiger partial charge >= 0.3 is 6.18 Å². The molecule has 0 radical (unpaired) electrons. The first-order valence-corrected chi connectivity index (χ1v) is 13.2. The van der Waals surface area contributed by atoms with E-state index in [-0.39, 0.29) is 6.04 Å². The third-order valence-corrected chi connectivity index (χ3v) is 6.94. The van der Waals surface area contributed by atoms with E-state index in [0.29, 0.717) is 45.3 Å². The van der Waals surface area contributed by atoms with Gasteiger partial charge in [-0.2, -0.15) is 13.2 Å². The molecule has 0 amide bonds. The number of halogens is 3. The van der Waals surface area contributed by atoms with Crippen molar-refractivity contribution < 1.29 is 23.0 Å². The predicted molar refractivity (Wildman–Crippen MR) is 149 cm³/mol. The molecule has 2 atom stereocenters. The number of nitrogens with zero attached hydrogens (tertiary/aromatic N) is 3. The Morgan fingerprint density at radius 2 is 1.85 bits per heavy atom. The molecule has 11 heteroatoms. The van der Waals surface area contributed by atoms with E-state index in [1.165, 1.54) is 0 Å². The zero-order chi connectivity index (χ0) is 28.3. The zero-order valence-corrected chi connectivity index (χ0v) is 22.2. The minimum absolute atomic E-state index is 0.246. The zero-order valence-electron chi connectivity index (χ0n) is 22.2. The predicted octanol–water partition coefficient (Wildman–Crippen LogP) is 5.60. The fourth-order valence-corrected chi connectivity index (χ4v) is 4.78. The molecule has 1 fully saturated rings. The number of aromatic nitrogens is 3. The normalized spacial score (nSPS) is 16.5. The lowest BCUT2D eigenvalue weighted by Crippen LogP contribution is -2.38. The number of anilines is 2. The van der Waals surface area contributed by atoms with E-state index in [1.54, 1.807) is 37.5 Å². The molecule has 2 aromatic carbocycles. The average Bonchev–Trinajstić information content (AvgIpc) is 2.94. The average molecular weight is 553 g/mol. The summed E-state index contributed by atoms with van der Waals surface area (Å²) in [6.07, 6.45) is -1.76. The van der Waals surface area contributed by atoms with E-state index in [2.05, 4.69) is 25.9 Å². The minimum Gasteiger partial charge on any atom is -0.437 e. The Hall–Kier alpha value is -3.96. The van der Waals surface area contributed by atoms with Crippen molar-refractivity contribution in [1.29, 1.82) is 0 Å². The van der Waals surface area contributed by atoms with Gasteiger partial charge in [0.1, 0.15) is 5.75 Å². The van der Waals surface area contributed by atoms with Gasteiger partial charge in [-0.1, -0.05) is 24.3 Å². The topological polar surface area (TPSA) is 104 Å². The van der Waals surface area contributed by atoms with Crippen LogP contribution in [0, 0.1) is 13.8 Å². The molecule has 3 heterocycles. The first-order chi connectivity index (χ1) is 19.2. The Morgan fingerprint density at radius 3 is 2.62 bits per heavy atom. The fourth-order valence-electron chi connectivity index (χ4n) is 4.78. The van der Waals surface area contributed by atoms with E-state index in [0.717, 1.165) is 37.1 Å². The Labute approximate surface area is 230 Å². The lowest BCUT2D eigenvalue weighted by molar-refractivity contribution is -0.198. The highest BCUT2D eigenvalue weighted by Gasteiger charge is 2.38. The third-order valence-electron chi connectivity index (χ3n) is 6.94. The highest BCUT2D eigenvalue weighted by Crippen LogP contribution is 2.39. The molecule has 40 heavy (non-hydrogen) atoms. The summed E-state index contributed by atoms with van der Waals surface area (Å²) in [7, 11) is 0. The van der Waals surface area contributed by atoms with Crippen LogP contribution in [-0.2, 0) is 0 Å². The quantitative estimate of drug-likeness (QED) is 0.224. The maximum absolute atomic E-state index is 12.9. The molecule has 0 unspecified atom stereocenters. The summed E-state index contributed by atoms with van der Waals surface area (Å²) in [5.41, 5.74) is 3.37. The smallest absolute Gasteiger partial charge is 0.416 e. The minimum atomic E-state index is -4.71. The number of hydrogen-bond donors (Lipinski definition) is 4. The molecular weight excluding hydrogens is 521 g/mol. The van der Waals surface area contributed by atoms with Crippen LogP contribution in [0.4, 0.5) is 24.8 Å². The number of pyridine rings is 1. The van der Waals surface area contributed by atoms with Crippen molar-refractivity contribution in [1.82, 2.24) is 20.3 Å². The summed E-state index contributed by atoms with van der Waals surface area (Å²) in [5.74, 6) is 1.39. The van der Waals surface area contributed by atoms with Crippen LogP contribution in [0.3, 0.4) is 0 Å². The van der Waals surface area contributed by atoms with Crippen molar-refractivity contribution in [2.45, 2.75) is 45.0 Å². The lowest BCUT2D eigenvalue weighted by atomic mass is 10.0. The summed E-state index contributed by atoms with van der Waals surface area (Å²) >= 11 is 0. The number of rotatable bonds is 8. The maximum Gasteiger partial charge on any atom is 0.416 e. The highest BCUT2D eigenvalue weighted by molar-refractivity contribution is 6.00. The van der Waals surface area contributed by atoms with Gasteiger partial charge in [-0.05, 0) is 62.6 Å². The van der Waals surface area contributed by atoms with Crippen molar-refractivity contribution in [2.24, 2.45) is 0 Å². The molecule has 0 aliphatic carbocycles. The van der Waals surface area contributed by atoms with Gasteiger partial charge in [-0.3, -0.25) is 0 Å². The van der Waals surface area contributed by atoms with Gasteiger partial charge in [0.15, 0.2) is 6.10 Å². The summed E-state index contributed by atoms with van der Waals surface area (Å²) in [6, 6.07) is 13.1. The second kappa shape index (κ2) is 11.6. The maximum atomic E-state index is 12.9. The van der Waals surface area contributed by atoms with Crippen LogP contribution in [0.5, 0.6) is 11.6 Å². The molecule has 210 valence electrons. The number of aliphatic hydroxyl groups excluding tert-OH is 1. The van der Waals surface area contributed by atoms with Gasteiger partial charge in [0.05, 0.1) is 11.3 Å². The molecule has 5 rings (SSSR count). The lowest BCUT2D eigenvalue weighted by Gasteiger charge is -2.23. The van der Waals surface area contributed by atoms with Crippen LogP contribution < -0.4 is 20.7 Å². The number of benzene rings is 2. The summed E-state index contributed by atoms with van der Waals surface area (Å²) < 4.78 is 45.2. The van der Waals surface area contributed by atoms with Crippen molar-refractivity contribution in [2.75, 3.05) is 30.3 Å². The van der Waals surface area contributed by atoms with Crippen LogP contribution in [0.25, 0.3) is 22.0 Å². The monoisotopic (exact) mass is 552 g/mol. The number of aryl methyl sites for hydroxylation is 2. The fraction of sp³-hybridized carbons (Fsp3) is 0.345. The highest BCUT2D eigenvalue weighted by atomic mass is 19.4. The molecule has 4 aromatic rings. The van der Waals surface area contributed by atoms with Gasteiger partial charge in [0.25, 0.3) is 0 Å². The molecule has 0 bridgehead atoms. The van der Waals surface area contributed by atoms with E-state index in [4.69, 9.17) is 9.72 Å². The van der Waals surface area contributed by atoms with Crippen molar-refractivity contribution in [3.63, 3.8) is 0 Å². The van der Waals surface area contributed by atoms with Gasteiger partial charge in [-0.15, -0.1) is 0 Å². The second-order valence-electron chi connectivity index (χ2n) is 9.91. The molecule has 1 aliphatic heterocycles. The van der Waals surface area contributed by atoms with Gasteiger partial charge < -0.3 is 25.8 Å². The number of hydrogen-bond acceptors (Lipinski definition) is 8. The van der Waals surface area contributed by atoms with Crippen LogP contribution in [0.1, 0.15) is 24.0 Å². The summed E-state index contributed by atoms with van der Waals surface area (Å²) in [4.78, 5) is 13.6. The number of fused-ring (bicyclic) bond motifs is 1. The van der Waals surface area contributed by atoms with Crippen LogP contribution in [0.2, 0.25) is 0 Å². The first kappa shape index (κ1) is 27.6. The summed E-state index contributed by atoms with van der Waals surface area (Å²) in [5, 5.41) is 20.4. The molecular formula is C29H31F3N6O2. The van der Waals surface area contributed by atoms with Gasteiger partial charge in [0, 0.05) is 48.0 Å². The summed E-state index contributed by atoms with van der Waals surface area (Å²) in [6.45, 7) is 4.88. The first-order valence-electron chi connectivity index (χ1n) is 13.2. The number of ether oxygens (including phenoxy) is 1. The number of piperidine rings is 1. The van der Waals surface area contributed by atoms with Crippen molar-refractivity contribution >= 4 is 22.4 Å². The van der Waals surface area contributed by atoms with Crippen molar-refractivity contribution in [3.05, 3.63) is 66.0 Å². The molecule has 0 saturated carbocycles. The van der Waals surface area contributed by atoms with Crippen LogP contribution >= 0.6 is 0 Å². The Balaban J connectivity index is 1.47. The van der Waals surface area contributed by atoms with E-state index >= 15 is 0 Å². The van der Waals surface area contributed by atoms with Crippen LogP contribution in [-0.4, -0.2) is 58.0 Å². The van der Waals surface area contributed by atoms with Crippen molar-refractivity contribution in [3.8, 4) is 22.9 Å². The number of aliphatic hydroxyl groups is 1. The Bertz CT molecular complexity index is 1490. The van der Waals surface area contributed by atoms with E-state index in [9.17, 15) is 18.3 Å². The number of alkyl halides is 3. The number of nitrogens with one attached hydrogen (secondary N) is 3. The SMILES string of the molecule is Cc1ccc2c(Oc3ncccc3-c3ccnc(N[C@H]4CCCNC4)n3)c(C)ccc2c1NC[C@H](O)C(F)(F)F. The molecule has 4 N–H and O–H groups in total. The Morgan fingerprint density at radius 1 is 1.05 bits per heavy atom. The van der Waals surface area contributed by atoms with Crippen LogP contribution in [0.15, 0.2) is 54.9 Å².